The molecular formula is C53H32N2. The smallest absolute Gasteiger partial charge is 0.145 e. The zero-order valence-electron chi connectivity index (χ0n) is 29.9. The molecule has 0 fully saturated rings. The highest BCUT2D eigenvalue weighted by Crippen LogP contribution is 2.48. The summed E-state index contributed by atoms with van der Waals surface area (Å²) in [5, 5.41) is 17.5. The molecule has 0 aliphatic heterocycles. The molecule has 0 N–H and O–H groups in total. The first-order chi connectivity index (χ1) is 27.3. The Labute approximate surface area is 317 Å². The third kappa shape index (κ3) is 4.28. The fourth-order valence-corrected chi connectivity index (χ4v) is 9.48. The Hall–Kier alpha value is -7.29. The van der Waals surface area contributed by atoms with Crippen LogP contribution < -0.4 is 0 Å². The molecule has 0 unspecified atom stereocenters. The third-order valence-electron chi connectivity index (χ3n) is 11.7. The van der Waals surface area contributed by atoms with Gasteiger partial charge in [0.1, 0.15) is 5.82 Å². The summed E-state index contributed by atoms with van der Waals surface area (Å²) in [6, 6.07) is 71.1. The van der Waals surface area contributed by atoms with E-state index in [4.69, 9.17) is 4.98 Å². The summed E-state index contributed by atoms with van der Waals surface area (Å²) in [5.41, 5.74) is 6.79. The summed E-state index contributed by atoms with van der Waals surface area (Å²) in [5.74, 6) is 0.937. The van der Waals surface area contributed by atoms with Crippen LogP contribution in [-0.2, 0) is 0 Å². The summed E-state index contributed by atoms with van der Waals surface area (Å²) in [7, 11) is 0. The van der Waals surface area contributed by atoms with E-state index in [1.165, 1.54) is 86.5 Å². The van der Waals surface area contributed by atoms with Crippen molar-refractivity contribution in [3.05, 3.63) is 194 Å². The molecule has 12 rings (SSSR count). The van der Waals surface area contributed by atoms with Crippen LogP contribution >= 0.6 is 0 Å². The van der Waals surface area contributed by atoms with Crippen molar-refractivity contribution in [2.24, 2.45) is 0 Å². The van der Waals surface area contributed by atoms with Gasteiger partial charge in [-0.1, -0.05) is 176 Å². The SMILES string of the molecule is c1ccc(-c2nc3ccccc3n2-c2c3ccccc3c(-c3cc4cccc5c6ccccc6c6ccccc6c6cccc3c6c45)c3ccccc23)cc1. The van der Waals surface area contributed by atoms with E-state index >= 15 is 0 Å². The van der Waals surface area contributed by atoms with E-state index < -0.39 is 0 Å². The Morgan fingerprint density at radius 3 is 1.47 bits per heavy atom. The number of aromatic nitrogens is 2. The van der Waals surface area contributed by atoms with Crippen LogP contribution in [0.2, 0.25) is 0 Å². The Morgan fingerprint density at radius 1 is 0.345 bits per heavy atom. The highest BCUT2D eigenvalue weighted by Gasteiger charge is 2.23. The predicted octanol–water partition coefficient (Wildman–Crippen LogP) is 14.4. The van der Waals surface area contributed by atoms with Crippen LogP contribution in [0, 0.1) is 0 Å². The Kier molecular flexibility index (Phi) is 6.37. The number of nitrogens with zero attached hydrogens (tertiary/aromatic N) is 2. The van der Waals surface area contributed by atoms with Gasteiger partial charge in [-0.25, -0.2) is 4.98 Å². The van der Waals surface area contributed by atoms with E-state index in [9.17, 15) is 0 Å². The summed E-state index contributed by atoms with van der Waals surface area (Å²) in [4.78, 5) is 5.27. The van der Waals surface area contributed by atoms with Crippen LogP contribution in [0.15, 0.2) is 194 Å². The van der Waals surface area contributed by atoms with Crippen LogP contribution in [0.5, 0.6) is 0 Å². The van der Waals surface area contributed by atoms with Gasteiger partial charge in [0, 0.05) is 16.3 Å². The highest BCUT2D eigenvalue weighted by atomic mass is 15.1. The number of hydrogen-bond acceptors (Lipinski definition) is 1. The molecule has 0 spiro atoms. The standard InChI is InChI=1S/C53H32N2/c1-2-16-33(17-3-1)53-54-47-30-12-13-31-48(47)55(53)52-44-25-10-8-23-41(44)50(42-24-9-11-26-45(42)52)46-32-34-18-14-27-39-37-21-6-4-19-35(37)36-20-5-7-22-38(36)40-28-15-29-43(46)51(40)49(34)39/h1-32H. The lowest BCUT2D eigenvalue weighted by atomic mass is 9.84. The Bertz CT molecular complexity index is 3480. The zero-order chi connectivity index (χ0) is 36.0. The van der Waals surface area contributed by atoms with Crippen molar-refractivity contribution in [2.45, 2.75) is 0 Å². The predicted molar refractivity (Wildman–Crippen MR) is 234 cm³/mol. The maximum atomic E-state index is 5.27. The largest absolute Gasteiger partial charge is 0.291 e. The van der Waals surface area contributed by atoms with E-state index in [0.29, 0.717) is 0 Å². The minimum absolute atomic E-state index is 0.937. The molecule has 11 aromatic carbocycles. The van der Waals surface area contributed by atoms with Crippen LogP contribution in [0.3, 0.4) is 0 Å². The second-order valence-electron chi connectivity index (χ2n) is 14.6. The number of fused-ring (bicyclic) bond motifs is 8. The Balaban J connectivity index is 1.29. The molecule has 0 radical (unpaired) electrons. The van der Waals surface area contributed by atoms with Crippen molar-refractivity contribution < 1.29 is 0 Å². The first-order valence-corrected chi connectivity index (χ1v) is 19.0. The summed E-state index contributed by atoms with van der Waals surface area (Å²) in [6.07, 6.45) is 0. The highest BCUT2D eigenvalue weighted by molar-refractivity contribution is 6.35. The van der Waals surface area contributed by atoms with Gasteiger partial charge in [-0.3, -0.25) is 4.57 Å². The normalized spacial score (nSPS) is 12.0. The summed E-state index contributed by atoms with van der Waals surface area (Å²) >= 11 is 0. The number of imidazole rings is 1. The van der Waals surface area contributed by atoms with Crippen LogP contribution in [0.4, 0.5) is 0 Å². The fraction of sp³-hybridized carbons (Fsp3) is 0. The fourth-order valence-electron chi connectivity index (χ4n) is 9.48. The molecule has 0 atom stereocenters. The van der Waals surface area contributed by atoms with E-state index in [0.717, 1.165) is 28.1 Å². The second-order valence-corrected chi connectivity index (χ2v) is 14.6. The average molecular weight is 697 g/mol. The number of hydrogen-bond donors (Lipinski definition) is 0. The third-order valence-corrected chi connectivity index (χ3v) is 11.7. The van der Waals surface area contributed by atoms with Gasteiger partial charge in [0.15, 0.2) is 0 Å². The number of benzene rings is 10. The molecule has 1 heterocycles. The topological polar surface area (TPSA) is 17.8 Å². The molecular weight excluding hydrogens is 665 g/mol. The van der Waals surface area contributed by atoms with Crippen LogP contribution in [0.25, 0.3) is 115 Å². The quantitative estimate of drug-likeness (QED) is 0.133. The lowest BCUT2D eigenvalue weighted by Crippen LogP contribution is -2.01. The van der Waals surface area contributed by atoms with E-state index in [1.807, 2.05) is 0 Å². The molecule has 2 nitrogen and oxygen atoms in total. The minimum atomic E-state index is 0.937. The molecule has 0 saturated carbocycles. The van der Waals surface area contributed by atoms with Gasteiger partial charge in [-0.2, -0.15) is 0 Å². The number of rotatable bonds is 3. The number of para-hydroxylation sites is 2. The molecule has 2 heteroatoms. The lowest BCUT2D eigenvalue weighted by Gasteiger charge is -2.22. The molecule has 0 bridgehead atoms. The monoisotopic (exact) mass is 696 g/mol. The molecule has 1 aromatic heterocycles. The zero-order valence-corrected chi connectivity index (χ0v) is 29.9. The van der Waals surface area contributed by atoms with Gasteiger partial charge in [0.2, 0.25) is 0 Å². The average Bonchev–Trinajstić information content (AvgIpc) is 3.64. The van der Waals surface area contributed by atoms with Crippen molar-refractivity contribution in [2.75, 3.05) is 0 Å². The molecule has 0 saturated heterocycles. The molecule has 0 amide bonds. The van der Waals surface area contributed by atoms with Crippen molar-refractivity contribution in [1.82, 2.24) is 9.55 Å². The van der Waals surface area contributed by atoms with Gasteiger partial charge in [0.25, 0.3) is 0 Å². The van der Waals surface area contributed by atoms with Gasteiger partial charge >= 0.3 is 0 Å². The van der Waals surface area contributed by atoms with Gasteiger partial charge in [0.05, 0.1) is 16.7 Å². The van der Waals surface area contributed by atoms with E-state index in [2.05, 4.69) is 199 Å². The molecule has 254 valence electrons. The maximum absolute atomic E-state index is 5.27. The first-order valence-electron chi connectivity index (χ1n) is 19.0. The molecule has 55 heavy (non-hydrogen) atoms. The van der Waals surface area contributed by atoms with Gasteiger partial charge in [-0.15, -0.1) is 0 Å². The van der Waals surface area contributed by atoms with Crippen molar-refractivity contribution in [1.29, 1.82) is 0 Å². The molecule has 12 aromatic rings. The lowest BCUT2D eigenvalue weighted by molar-refractivity contribution is 1.13. The minimum Gasteiger partial charge on any atom is -0.291 e. The van der Waals surface area contributed by atoms with Crippen LogP contribution in [0.1, 0.15) is 0 Å². The van der Waals surface area contributed by atoms with Gasteiger partial charge < -0.3 is 0 Å². The second kappa shape index (κ2) is 11.6. The van der Waals surface area contributed by atoms with E-state index in [-0.39, 0.29) is 0 Å². The van der Waals surface area contributed by atoms with E-state index in [1.54, 1.807) is 0 Å². The van der Waals surface area contributed by atoms with Crippen molar-refractivity contribution in [3.63, 3.8) is 0 Å². The summed E-state index contributed by atoms with van der Waals surface area (Å²) in [6.45, 7) is 0. The van der Waals surface area contributed by atoms with Crippen LogP contribution in [-0.4, -0.2) is 9.55 Å². The van der Waals surface area contributed by atoms with Gasteiger partial charge in [-0.05, 0) is 94.0 Å². The summed E-state index contributed by atoms with van der Waals surface area (Å²) < 4.78 is 2.39. The molecule has 0 aliphatic rings. The first kappa shape index (κ1) is 30.2. The maximum Gasteiger partial charge on any atom is 0.145 e. The van der Waals surface area contributed by atoms with Crippen molar-refractivity contribution >= 4 is 86.4 Å². The van der Waals surface area contributed by atoms with Crippen molar-refractivity contribution in [3.8, 4) is 28.2 Å². The Morgan fingerprint density at radius 2 is 0.818 bits per heavy atom. The molecule has 0 aliphatic carbocycles.